The number of allylic oxidation sites excluding steroid dienone is 1. The van der Waals surface area contributed by atoms with Crippen molar-refractivity contribution >= 4 is 12.0 Å². The summed E-state index contributed by atoms with van der Waals surface area (Å²) in [7, 11) is 1.66. The molecule has 9 nitrogen and oxygen atoms in total. The number of amides is 2. The standard InChI is InChI=1S/C28H47N3O6/c1-17(2)9-10-21-27(5,37-21)24-23(34-6)20(11-13-28(24)16-35-28)36-26(33)31-22(18(3)4)25(32)30-15-12-19-8-7-14-29-19/h9,18-24,29H,7-8,10-16H2,1-6H3,(H,30,32)(H,31,33)/t19?,20-,21-,22-,23-,24-,27+,28+/m1/s1. The van der Waals surface area contributed by atoms with Gasteiger partial charge in [0.1, 0.15) is 29.5 Å². The van der Waals surface area contributed by atoms with Crippen LogP contribution in [0, 0.1) is 11.8 Å². The van der Waals surface area contributed by atoms with Gasteiger partial charge in [-0.15, -0.1) is 0 Å². The number of hydrogen-bond acceptors (Lipinski definition) is 7. The molecule has 3 saturated heterocycles. The minimum absolute atomic E-state index is 0.0412. The van der Waals surface area contributed by atoms with E-state index in [1.54, 1.807) is 7.11 Å². The minimum atomic E-state index is -0.666. The minimum Gasteiger partial charge on any atom is -0.443 e. The summed E-state index contributed by atoms with van der Waals surface area (Å²) >= 11 is 0. The fraction of sp³-hybridized carbons (Fsp3) is 0.857. The van der Waals surface area contributed by atoms with Crippen LogP contribution in [0.3, 0.4) is 0 Å². The van der Waals surface area contributed by atoms with Crippen molar-refractivity contribution in [2.24, 2.45) is 11.8 Å². The first kappa shape index (κ1) is 28.3. The number of nitrogens with one attached hydrogen (secondary N) is 3. The van der Waals surface area contributed by atoms with Gasteiger partial charge in [0.15, 0.2) is 0 Å². The van der Waals surface area contributed by atoms with Crippen LogP contribution in [0.25, 0.3) is 0 Å². The van der Waals surface area contributed by atoms with Crippen molar-refractivity contribution in [3.05, 3.63) is 11.6 Å². The second kappa shape index (κ2) is 11.6. The molecule has 4 aliphatic rings. The van der Waals surface area contributed by atoms with E-state index in [9.17, 15) is 9.59 Å². The smallest absolute Gasteiger partial charge is 0.408 e. The van der Waals surface area contributed by atoms with Crippen LogP contribution < -0.4 is 16.0 Å². The number of rotatable bonds is 11. The highest BCUT2D eigenvalue weighted by atomic mass is 16.6. The lowest BCUT2D eigenvalue weighted by Gasteiger charge is -2.42. The molecule has 1 spiro atoms. The molecule has 0 aromatic carbocycles. The van der Waals surface area contributed by atoms with E-state index in [4.69, 9.17) is 18.9 Å². The van der Waals surface area contributed by atoms with Gasteiger partial charge in [-0.3, -0.25) is 4.79 Å². The third-order valence-corrected chi connectivity index (χ3v) is 8.67. The van der Waals surface area contributed by atoms with Crippen molar-refractivity contribution in [3.8, 4) is 0 Å². The number of carbonyl (C=O) groups is 2. The maximum absolute atomic E-state index is 13.0. The normalized spacial score (nSPS) is 37.2. The molecule has 3 N–H and O–H groups in total. The lowest BCUT2D eigenvalue weighted by molar-refractivity contribution is -0.125. The number of ether oxygens (including phenoxy) is 4. The molecule has 9 heteroatoms. The topological polar surface area (TPSA) is 114 Å². The van der Waals surface area contributed by atoms with E-state index in [1.807, 2.05) is 13.8 Å². The predicted molar refractivity (Wildman–Crippen MR) is 140 cm³/mol. The molecular formula is C28H47N3O6. The fourth-order valence-corrected chi connectivity index (χ4v) is 6.39. The maximum Gasteiger partial charge on any atom is 0.408 e. The summed E-state index contributed by atoms with van der Waals surface area (Å²) in [5.74, 6) is -0.297. The third-order valence-electron chi connectivity index (χ3n) is 8.67. The molecule has 1 saturated carbocycles. The number of epoxide rings is 2. The average Bonchev–Trinajstić information content (AvgIpc) is 3.69. The zero-order valence-corrected chi connectivity index (χ0v) is 23.4. The maximum atomic E-state index is 13.0. The van der Waals surface area contributed by atoms with Crippen molar-refractivity contribution in [3.63, 3.8) is 0 Å². The first-order valence-electron chi connectivity index (χ1n) is 14.1. The van der Waals surface area contributed by atoms with Crippen LogP contribution in [0.4, 0.5) is 4.79 Å². The number of methoxy groups -OCH3 is 1. The Bertz CT molecular complexity index is 849. The van der Waals surface area contributed by atoms with Crippen molar-refractivity contribution in [1.82, 2.24) is 16.0 Å². The predicted octanol–water partition coefficient (Wildman–Crippen LogP) is 3.07. The summed E-state index contributed by atoms with van der Waals surface area (Å²) in [5, 5.41) is 9.25. The Labute approximate surface area is 221 Å². The quantitative estimate of drug-likeness (QED) is 0.283. The van der Waals surface area contributed by atoms with Crippen LogP contribution in [0.5, 0.6) is 0 Å². The molecule has 8 atom stereocenters. The second-order valence-electron chi connectivity index (χ2n) is 12.1. The Kier molecular flexibility index (Phi) is 8.88. The summed E-state index contributed by atoms with van der Waals surface area (Å²) in [6.45, 7) is 12.4. The molecule has 3 aliphatic heterocycles. The van der Waals surface area contributed by atoms with Crippen molar-refractivity contribution < 1.29 is 28.5 Å². The average molecular weight is 522 g/mol. The van der Waals surface area contributed by atoms with Crippen LogP contribution >= 0.6 is 0 Å². The second-order valence-corrected chi connectivity index (χ2v) is 12.1. The van der Waals surface area contributed by atoms with E-state index in [-0.39, 0.29) is 35.6 Å². The monoisotopic (exact) mass is 521 g/mol. The Balaban J connectivity index is 1.35. The van der Waals surface area contributed by atoms with Gasteiger partial charge in [0.25, 0.3) is 0 Å². The molecule has 0 aromatic rings. The van der Waals surface area contributed by atoms with Gasteiger partial charge in [-0.2, -0.15) is 0 Å². The largest absolute Gasteiger partial charge is 0.443 e. The summed E-state index contributed by atoms with van der Waals surface area (Å²) in [6.07, 6.45) is 6.38. The summed E-state index contributed by atoms with van der Waals surface area (Å²) < 4.78 is 24.1. The summed E-state index contributed by atoms with van der Waals surface area (Å²) in [4.78, 5) is 25.9. The van der Waals surface area contributed by atoms with Gasteiger partial charge in [0, 0.05) is 19.7 Å². The molecule has 4 rings (SSSR count). The van der Waals surface area contributed by atoms with Gasteiger partial charge in [-0.25, -0.2) is 4.79 Å². The summed E-state index contributed by atoms with van der Waals surface area (Å²) in [5.41, 5.74) is 0.593. The van der Waals surface area contributed by atoms with Gasteiger partial charge >= 0.3 is 6.09 Å². The van der Waals surface area contributed by atoms with Gasteiger partial charge in [0.05, 0.1) is 18.6 Å². The fourth-order valence-electron chi connectivity index (χ4n) is 6.39. The molecule has 0 aromatic heterocycles. The zero-order chi connectivity index (χ0) is 26.8. The lowest BCUT2D eigenvalue weighted by atomic mass is 9.68. The molecule has 2 amide bonds. The van der Waals surface area contributed by atoms with Crippen LogP contribution in [0.2, 0.25) is 0 Å². The van der Waals surface area contributed by atoms with Crippen LogP contribution in [0.1, 0.15) is 73.1 Å². The van der Waals surface area contributed by atoms with Gasteiger partial charge in [-0.1, -0.05) is 25.5 Å². The molecule has 210 valence electrons. The van der Waals surface area contributed by atoms with E-state index >= 15 is 0 Å². The van der Waals surface area contributed by atoms with E-state index in [1.165, 1.54) is 12.0 Å². The van der Waals surface area contributed by atoms with Crippen LogP contribution in [0.15, 0.2) is 11.6 Å². The SMILES string of the molecule is CO[C@@H]1[C@H](OC(=O)N[C@@H](C(=O)NCCC2CCCN2)C(C)C)CC[C@]2(CO2)[C@H]1[C@@]1(C)O[C@@H]1CC=C(C)C. The van der Waals surface area contributed by atoms with Crippen molar-refractivity contribution in [2.45, 2.75) is 115 Å². The highest BCUT2D eigenvalue weighted by molar-refractivity contribution is 5.85. The first-order valence-corrected chi connectivity index (χ1v) is 14.1. The molecule has 0 radical (unpaired) electrons. The number of carbonyl (C=O) groups excluding carboxylic acids is 2. The molecule has 1 unspecified atom stereocenters. The molecule has 4 fully saturated rings. The van der Waals surface area contributed by atoms with E-state index in [0.717, 1.165) is 32.2 Å². The Morgan fingerprint density at radius 1 is 1.24 bits per heavy atom. The highest BCUT2D eigenvalue weighted by Gasteiger charge is 2.72. The molecule has 37 heavy (non-hydrogen) atoms. The van der Waals surface area contributed by atoms with Gasteiger partial charge < -0.3 is 34.9 Å². The highest BCUT2D eigenvalue weighted by Crippen LogP contribution is 2.59. The van der Waals surface area contributed by atoms with Crippen molar-refractivity contribution in [2.75, 3.05) is 26.8 Å². The molecule has 1 aliphatic carbocycles. The first-order chi connectivity index (χ1) is 17.6. The zero-order valence-electron chi connectivity index (χ0n) is 23.4. The third kappa shape index (κ3) is 6.49. The van der Waals surface area contributed by atoms with Crippen LogP contribution in [-0.2, 0) is 23.7 Å². The number of hydrogen-bond donors (Lipinski definition) is 3. The Hall–Kier alpha value is -1.68. The van der Waals surface area contributed by atoms with E-state index in [0.29, 0.717) is 25.6 Å². The van der Waals surface area contributed by atoms with Gasteiger partial charge in [0.2, 0.25) is 5.91 Å². The Morgan fingerprint density at radius 3 is 2.59 bits per heavy atom. The lowest BCUT2D eigenvalue weighted by Crippen LogP contribution is -2.57. The van der Waals surface area contributed by atoms with E-state index < -0.39 is 23.8 Å². The molecular weight excluding hydrogens is 474 g/mol. The molecule has 0 bridgehead atoms. The van der Waals surface area contributed by atoms with Crippen LogP contribution in [-0.4, -0.2) is 80.4 Å². The molecule has 3 heterocycles. The Morgan fingerprint density at radius 2 is 2.00 bits per heavy atom. The summed E-state index contributed by atoms with van der Waals surface area (Å²) in [6, 6.07) is -0.209. The van der Waals surface area contributed by atoms with E-state index in [2.05, 4.69) is 42.8 Å². The number of alkyl carbamates (subject to hydrolysis) is 1. The van der Waals surface area contributed by atoms with Crippen molar-refractivity contribution in [1.29, 1.82) is 0 Å². The van der Waals surface area contributed by atoms with Gasteiger partial charge in [-0.05, 0) is 71.8 Å².